The van der Waals surface area contributed by atoms with Gasteiger partial charge in [0, 0.05) is 60.5 Å². The zero-order valence-corrected chi connectivity index (χ0v) is 55.9. The predicted molar refractivity (Wildman–Crippen MR) is 425 cm³/mol. The van der Waals surface area contributed by atoms with Crippen molar-refractivity contribution in [2.24, 2.45) is 0 Å². The summed E-state index contributed by atoms with van der Waals surface area (Å²) in [5.74, 6) is 3.13. The van der Waals surface area contributed by atoms with E-state index in [0.29, 0.717) is 20.2 Å². The highest BCUT2D eigenvalue weighted by molar-refractivity contribution is 6.14. The SMILES string of the molecule is C.C.C.CC1(C)c2cc3cc4ccccc4cc3c3c2-c2c1c1ccc4ccccc4c1c[n+]2CO3.CC1(C)c2cc3cc4ccccc4cc3c3c2-c2c1cc1c4ccccc4ccc1[n+]2CO3.CC1(C)c2cc3cc4ccccc4cc3c3c2-c2c1cc1ccc4ccccc4c1[n+]2CO3. The van der Waals surface area contributed by atoms with Gasteiger partial charge in [0.25, 0.3) is 20.2 Å². The molecule has 0 saturated heterocycles. The van der Waals surface area contributed by atoms with Gasteiger partial charge in [0.15, 0.2) is 6.20 Å². The van der Waals surface area contributed by atoms with Gasteiger partial charge in [-0.25, -0.2) is 0 Å². The van der Waals surface area contributed by atoms with Crippen molar-refractivity contribution in [2.45, 2.75) is 100 Å². The molecule has 6 heterocycles. The molecule has 0 saturated carbocycles. The van der Waals surface area contributed by atoms with Crippen LogP contribution in [0.4, 0.5) is 0 Å². The fourth-order valence-electron chi connectivity index (χ4n) is 18.8. The molecule has 24 rings (SSSR count). The molecule has 6 nitrogen and oxygen atoms in total. The Morgan fingerprint density at radius 2 is 0.637 bits per heavy atom. The van der Waals surface area contributed by atoms with Gasteiger partial charge in [-0.1, -0.05) is 222 Å². The van der Waals surface area contributed by atoms with Gasteiger partial charge in [-0.2, -0.15) is 13.7 Å². The third-order valence-corrected chi connectivity index (χ3v) is 23.7. The van der Waals surface area contributed by atoms with Crippen LogP contribution in [0, 0.1) is 0 Å². The van der Waals surface area contributed by atoms with Crippen molar-refractivity contribution in [1.82, 2.24) is 0 Å². The molecule has 0 atom stereocenters. The van der Waals surface area contributed by atoms with E-state index in [0.717, 1.165) is 17.2 Å². The normalized spacial score (nSPS) is 14.9. The van der Waals surface area contributed by atoms with E-state index in [9.17, 15) is 0 Å². The first-order chi connectivity index (χ1) is 48.3. The van der Waals surface area contributed by atoms with E-state index in [-0.39, 0.29) is 38.5 Å². The molecule has 492 valence electrons. The minimum absolute atomic E-state index is 0. The van der Waals surface area contributed by atoms with Gasteiger partial charge in [-0.05, 0) is 182 Å². The van der Waals surface area contributed by atoms with Crippen LogP contribution in [0.2, 0.25) is 0 Å². The molecule has 3 aliphatic carbocycles. The van der Waals surface area contributed by atoms with E-state index in [4.69, 9.17) is 14.2 Å². The maximum atomic E-state index is 6.64. The number of fused-ring (bicyclic) bond motifs is 21. The Balaban J connectivity index is 0.000000104. The van der Waals surface area contributed by atoms with E-state index in [1.807, 2.05) is 0 Å². The lowest BCUT2D eigenvalue weighted by atomic mass is 9.79. The molecule has 0 radical (unpaired) electrons. The lowest BCUT2D eigenvalue weighted by Gasteiger charge is -2.22. The Bertz CT molecular complexity index is 6740. The van der Waals surface area contributed by atoms with Crippen LogP contribution in [0.1, 0.15) is 97.2 Å². The molecule has 15 aromatic carbocycles. The minimum atomic E-state index is -0.114. The van der Waals surface area contributed by atoms with Crippen LogP contribution < -0.4 is 27.9 Å². The van der Waals surface area contributed by atoms with Crippen LogP contribution in [0.25, 0.3) is 163 Å². The maximum Gasteiger partial charge on any atom is 0.293 e. The summed E-state index contributed by atoms with van der Waals surface area (Å²) in [4.78, 5) is 0. The number of aromatic nitrogens is 3. The number of ether oxygens (including phenoxy) is 3. The average molecular weight is 1320 g/mol. The van der Waals surface area contributed by atoms with Crippen LogP contribution in [0.15, 0.2) is 255 Å². The largest absolute Gasteiger partial charge is 0.434 e. The van der Waals surface area contributed by atoms with Gasteiger partial charge in [0.05, 0.1) is 32.8 Å². The number of nitrogens with zero attached hydrogens (tertiary/aromatic N) is 3. The first-order valence-electron chi connectivity index (χ1n) is 34.9. The van der Waals surface area contributed by atoms with E-state index in [2.05, 4.69) is 310 Å². The highest BCUT2D eigenvalue weighted by Gasteiger charge is 2.51. The minimum Gasteiger partial charge on any atom is -0.434 e. The van der Waals surface area contributed by atoms with Crippen LogP contribution in [0.5, 0.6) is 17.2 Å². The van der Waals surface area contributed by atoms with Crippen molar-refractivity contribution in [1.29, 1.82) is 0 Å². The van der Waals surface area contributed by atoms with E-state index in [1.54, 1.807) is 0 Å². The zero-order valence-electron chi connectivity index (χ0n) is 55.9. The molecule has 3 aromatic heterocycles. The Kier molecular flexibility index (Phi) is 12.9. The first-order valence-corrected chi connectivity index (χ1v) is 34.9. The Morgan fingerprint density at radius 3 is 1.17 bits per heavy atom. The third-order valence-electron chi connectivity index (χ3n) is 23.7. The van der Waals surface area contributed by atoms with E-state index in [1.165, 1.54) is 197 Å². The lowest BCUT2D eigenvalue weighted by Crippen LogP contribution is -2.43. The fraction of sp³-hybridized carbons (Fsp3) is 0.156. The van der Waals surface area contributed by atoms with Gasteiger partial charge in [0.2, 0.25) is 28.1 Å². The van der Waals surface area contributed by atoms with Crippen LogP contribution in [-0.2, 0) is 36.4 Å². The van der Waals surface area contributed by atoms with Crippen LogP contribution in [-0.4, -0.2) is 0 Å². The number of rotatable bonds is 0. The van der Waals surface area contributed by atoms with E-state index >= 15 is 0 Å². The zero-order chi connectivity index (χ0) is 65.7. The predicted octanol–water partition coefficient (Wildman–Crippen LogP) is 23.6. The van der Waals surface area contributed by atoms with Crippen LogP contribution in [0.3, 0.4) is 0 Å². The standard InChI is InChI=1S/3C31H22NO.3CH4/c1-31(2)25-15-21-13-19-8-3-4-9-20(19)14-23(21)30-28(25)29-26(31)16-24-22-10-6-5-7-18(22)11-12-27(24)32(29)17-33-30;1-31(2)26-15-21-13-19-8-3-4-9-20(19)14-24(21)30-27(26)29-28(31)23-12-11-18-7-5-6-10-22(18)25(23)16-32(29)17-33-30;1-31(2)25-16-22-13-19-8-3-4-9-20(19)14-24(22)30-27(25)29-26(31)15-21-12-11-18-7-5-6-10-23(18)28(21)32(29)17-33-30;;;/h3*3-16H,17H2,1-2H3;3*1H4/q3*+1;;;. The quantitative estimate of drug-likeness (QED) is 0.0863. The summed E-state index contributed by atoms with van der Waals surface area (Å²) in [5.41, 5.74) is 18.3. The van der Waals surface area contributed by atoms with Crippen molar-refractivity contribution in [3.8, 4) is 51.0 Å². The molecule has 0 N–H and O–H groups in total. The summed E-state index contributed by atoms with van der Waals surface area (Å²) in [5, 5.41) is 27.9. The maximum absolute atomic E-state index is 6.64. The summed E-state index contributed by atoms with van der Waals surface area (Å²) in [7, 11) is 0. The molecule has 3 aliphatic heterocycles. The summed E-state index contributed by atoms with van der Waals surface area (Å²) in [6.07, 6.45) is 2.30. The Morgan fingerprint density at radius 1 is 0.265 bits per heavy atom. The Hall–Kier alpha value is -11.7. The van der Waals surface area contributed by atoms with Gasteiger partial charge in [-0.15, -0.1) is 0 Å². The second-order valence-corrected chi connectivity index (χ2v) is 30.0. The van der Waals surface area contributed by atoms with Crippen LogP contribution >= 0.6 is 0 Å². The Labute approximate surface area is 593 Å². The molecule has 102 heavy (non-hydrogen) atoms. The first kappa shape index (κ1) is 61.4. The molecule has 0 fully saturated rings. The average Bonchev–Trinajstić information content (AvgIpc) is 1.54. The number of hydrogen-bond acceptors (Lipinski definition) is 3. The molecule has 0 amide bonds. The molecule has 18 aromatic rings. The third kappa shape index (κ3) is 8.09. The van der Waals surface area contributed by atoms with Gasteiger partial charge in [0.1, 0.15) is 17.2 Å². The van der Waals surface area contributed by atoms with Gasteiger partial charge in [-0.3, -0.25) is 0 Å². The number of hydrogen-bond donors (Lipinski definition) is 0. The number of pyridine rings is 3. The van der Waals surface area contributed by atoms with Gasteiger partial charge < -0.3 is 14.2 Å². The van der Waals surface area contributed by atoms with Gasteiger partial charge >= 0.3 is 0 Å². The molecular formula is C96H78N3O3+3. The van der Waals surface area contributed by atoms with Crippen molar-refractivity contribution < 1.29 is 27.9 Å². The van der Waals surface area contributed by atoms with Crippen molar-refractivity contribution in [3.05, 3.63) is 288 Å². The number of benzene rings is 15. The fourth-order valence-corrected chi connectivity index (χ4v) is 18.8. The monoisotopic (exact) mass is 1320 g/mol. The second kappa shape index (κ2) is 21.4. The summed E-state index contributed by atoms with van der Waals surface area (Å²) >= 11 is 0. The summed E-state index contributed by atoms with van der Waals surface area (Å²) in [6, 6.07) is 91.4. The smallest absolute Gasteiger partial charge is 0.293 e. The van der Waals surface area contributed by atoms with Crippen molar-refractivity contribution in [2.75, 3.05) is 0 Å². The highest BCUT2D eigenvalue weighted by Crippen LogP contribution is 2.60. The van der Waals surface area contributed by atoms with E-state index < -0.39 is 0 Å². The summed E-state index contributed by atoms with van der Waals surface area (Å²) in [6.45, 7) is 15.8. The highest BCUT2D eigenvalue weighted by atomic mass is 16.5. The lowest BCUT2D eigenvalue weighted by molar-refractivity contribution is -0.716. The summed E-state index contributed by atoms with van der Waals surface area (Å²) < 4.78 is 26.9. The molecule has 0 unspecified atom stereocenters. The molecule has 6 aliphatic rings. The molecule has 6 heteroatoms. The second-order valence-electron chi connectivity index (χ2n) is 30.0. The van der Waals surface area contributed by atoms with Crippen molar-refractivity contribution >= 4 is 130 Å². The van der Waals surface area contributed by atoms with Crippen molar-refractivity contribution in [3.63, 3.8) is 0 Å². The molecule has 0 bridgehead atoms. The topological polar surface area (TPSA) is 39.3 Å². The molecule has 0 spiro atoms. The molecular weight excluding hydrogens is 1240 g/mol.